The summed E-state index contributed by atoms with van der Waals surface area (Å²) in [6, 6.07) is 7.58. The number of rotatable bonds is 3. The zero-order chi connectivity index (χ0) is 18.8. The standard InChI is InChI=1S/C20H24N4O2S/c1-13-5-2-7-15(11-13)21-20(26)24-10-4-6-14(12-24)18(25)23-19-22-16-8-3-9-17(16)27-19/h2,5,7,11,14H,3-4,6,8-10,12H2,1H3,(H,21,26)(H,22,23,25)/t14-/m0/s1. The third-order valence-electron chi connectivity index (χ3n) is 5.17. The van der Waals surface area contributed by atoms with Gasteiger partial charge in [-0.2, -0.15) is 0 Å². The molecule has 1 saturated heterocycles. The summed E-state index contributed by atoms with van der Waals surface area (Å²) in [5.41, 5.74) is 3.01. The predicted molar refractivity (Wildman–Crippen MR) is 107 cm³/mol. The van der Waals surface area contributed by atoms with Gasteiger partial charge in [-0.1, -0.05) is 12.1 Å². The maximum absolute atomic E-state index is 12.7. The van der Waals surface area contributed by atoms with Crippen LogP contribution in [-0.2, 0) is 17.6 Å². The van der Waals surface area contributed by atoms with Gasteiger partial charge in [0.1, 0.15) is 0 Å². The minimum atomic E-state index is -0.194. The van der Waals surface area contributed by atoms with Gasteiger partial charge in [0, 0.05) is 23.7 Å². The van der Waals surface area contributed by atoms with Crippen LogP contribution in [0, 0.1) is 12.8 Å². The molecule has 1 aliphatic carbocycles. The number of aryl methyl sites for hydroxylation is 3. The van der Waals surface area contributed by atoms with E-state index in [4.69, 9.17) is 0 Å². The molecule has 0 bridgehead atoms. The van der Waals surface area contributed by atoms with E-state index < -0.39 is 0 Å². The molecule has 2 heterocycles. The lowest BCUT2D eigenvalue weighted by atomic mass is 9.97. The number of benzene rings is 1. The molecule has 4 rings (SSSR count). The van der Waals surface area contributed by atoms with E-state index in [1.54, 1.807) is 16.2 Å². The molecular weight excluding hydrogens is 360 g/mol. The van der Waals surface area contributed by atoms with Crippen LogP contribution < -0.4 is 10.6 Å². The molecule has 0 spiro atoms. The molecule has 0 unspecified atom stereocenters. The van der Waals surface area contributed by atoms with Gasteiger partial charge < -0.3 is 15.5 Å². The SMILES string of the molecule is Cc1cccc(NC(=O)N2CCC[C@H](C(=O)Nc3nc4c(s3)CCC4)C2)c1. The van der Waals surface area contributed by atoms with Crippen LogP contribution in [0.15, 0.2) is 24.3 Å². The number of carbonyl (C=O) groups is 2. The van der Waals surface area contributed by atoms with Gasteiger partial charge in [-0.25, -0.2) is 9.78 Å². The zero-order valence-electron chi connectivity index (χ0n) is 15.5. The summed E-state index contributed by atoms with van der Waals surface area (Å²) < 4.78 is 0. The molecular formula is C20H24N4O2S. The van der Waals surface area contributed by atoms with Crippen LogP contribution >= 0.6 is 11.3 Å². The number of nitrogens with one attached hydrogen (secondary N) is 2. The van der Waals surface area contributed by atoms with Gasteiger partial charge in [0.2, 0.25) is 5.91 Å². The molecule has 2 aliphatic rings. The normalized spacial score (nSPS) is 18.9. The van der Waals surface area contributed by atoms with Gasteiger partial charge in [-0.3, -0.25) is 4.79 Å². The number of aromatic nitrogens is 1. The molecule has 1 aromatic carbocycles. The number of anilines is 2. The van der Waals surface area contributed by atoms with Crippen LogP contribution in [0.1, 0.15) is 35.4 Å². The summed E-state index contributed by atoms with van der Waals surface area (Å²) in [7, 11) is 0. The van der Waals surface area contributed by atoms with E-state index in [1.165, 1.54) is 4.88 Å². The highest BCUT2D eigenvalue weighted by Crippen LogP contribution is 2.31. The van der Waals surface area contributed by atoms with Crippen molar-refractivity contribution in [1.82, 2.24) is 9.88 Å². The summed E-state index contributed by atoms with van der Waals surface area (Å²) in [4.78, 5) is 32.8. The number of urea groups is 1. The fourth-order valence-corrected chi connectivity index (χ4v) is 4.81. The smallest absolute Gasteiger partial charge is 0.321 e. The largest absolute Gasteiger partial charge is 0.324 e. The average molecular weight is 385 g/mol. The predicted octanol–water partition coefficient (Wildman–Crippen LogP) is 3.82. The van der Waals surface area contributed by atoms with E-state index >= 15 is 0 Å². The molecule has 1 aliphatic heterocycles. The van der Waals surface area contributed by atoms with Crippen molar-refractivity contribution in [2.45, 2.75) is 39.0 Å². The Morgan fingerprint density at radius 2 is 2.11 bits per heavy atom. The first-order valence-corrected chi connectivity index (χ1v) is 10.3. The first-order chi connectivity index (χ1) is 13.1. The number of hydrogen-bond acceptors (Lipinski definition) is 4. The Balaban J connectivity index is 1.35. The van der Waals surface area contributed by atoms with Gasteiger partial charge >= 0.3 is 6.03 Å². The molecule has 7 heteroatoms. The highest BCUT2D eigenvalue weighted by atomic mass is 32.1. The Labute approximate surface area is 163 Å². The first-order valence-electron chi connectivity index (χ1n) is 9.50. The van der Waals surface area contributed by atoms with Crippen LogP contribution in [0.2, 0.25) is 0 Å². The summed E-state index contributed by atoms with van der Waals surface area (Å²) in [5, 5.41) is 6.60. The van der Waals surface area contributed by atoms with Gasteiger partial charge in [0.15, 0.2) is 5.13 Å². The summed E-state index contributed by atoms with van der Waals surface area (Å²) in [5.74, 6) is -0.226. The Hall–Kier alpha value is -2.41. The van der Waals surface area contributed by atoms with Crippen molar-refractivity contribution >= 4 is 34.1 Å². The van der Waals surface area contributed by atoms with E-state index in [9.17, 15) is 9.59 Å². The number of likely N-dealkylation sites (tertiary alicyclic amines) is 1. The number of carbonyl (C=O) groups excluding carboxylic acids is 2. The monoisotopic (exact) mass is 384 g/mol. The maximum Gasteiger partial charge on any atom is 0.321 e. The van der Waals surface area contributed by atoms with Crippen molar-refractivity contribution in [2.75, 3.05) is 23.7 Å². The number of fused-ring (bicyclic) bond motifs is 1. The molecule has 0 saturated carbocycles. The van der Waals surface area contributed by atoms with Crippen molar-refractivity contribution in [3.8, 4) is 0 Å². The highest BCUT2D eigenvalue weighted by Gasteiger charge is 2.29. The number of amides is 3. The second-order valence-electron chi connectivity index (χ2n) is 7.32. The fraction of sp³-hybridized carbons (Fsp3) is 0.450. The molecule has 1 fully saturated rings. The van der Waals surface area contributed by atoms with E-state index in [2.05, 4.69) is 15.6 Å². The summed E-state index contributed by atoms with van der Waals surface area (Å²) in [6.45, 7) is 3.10. The molecule has 2 N–H and O–H groups in total. The van der Waals surface area contributed by atoms with Crippen LogP contribution in [0.4, 0.5) is 15.6 Å². The van der Waals surface area contributed by atoms with Gasteiger partial charge in [0.05, 0.1) is 11.6 Å². The molecule has 2 aromatic rings. The van der Waals surface area contributed by atoms with E-state index in [-0.39, 0.29) is 17.9 Å². The van der Waals surface area contributed by atoms with Gasteiger partial charge in [-0.05, 0) is 56.7 Å². The first kappa shape index (κ1) is 18.0. The van der Waals surface area contributed by atoms with Crippen molar-refractivity contribution in [3.05, 3.63) is 40.4 Å². The second-order valence-corrected chi connectivity index (χ2v) is 8.40. The fourth-order valence-electron chi connectivity index (χ4n) is 3.75. The van der Waals surface area contributed by atoms with Crippen LogP contribution in [0.3, 0.4) is 0 Å². The Morgan fingerprint density at radius 1 is 1.22 bits per heavy atom. The van der Waals surface area contributed by atoms with Crippen molar-refractivity contribution < 1.29 is 9.59 Å². The van der Waals surface area contributed by atoms with Gasteiger partial charge in [-0.15, -0.1) is 11.3 Å². The molecule has 1 aromatic heterocycles. The lowest BCUT2D eigenvalue weighted by molar-refractivity contribution is -0.121. The topological polar surface area (TPSA) is 74.3 Å². The molecule has 6 nitrogen and oxygen atoms in total. The molecule has 1 atom stereocenters. The van der Waals surface area contributed by atoms with Crippen molar-refractivity contribution in [3.63, 3.8) is 0 Å². The lowest BCUT2D eigenvalue weighted by Gasteiger charge is -2.31. The molecule has 142 valence electrons. The molecule has 27 heavy (non-hydrogen) atoms. The minimum Gasteiger partial charge on any atom is -0.324 e. The van der Waals surface area contributed by atoms with Crippen LogP contribution in [-0.4, -0.2) is 34.9 Å². The maximum atomic E-state index is 12.7. The molecule has 0 radical (unpaired) electrons. The lowest BCUT2D eigenvalue weighted by Crippen LogP contribution is -2.45. The number of nitrogens with zero attached hydrogens (tertiary/aromatic N) is 2. The Morgan fingerprint density at radius 3 is 2.93 bits per heavy atom. The third kappa shape index (κ3) is 4.13. The third-order valence-corrected chi connectivity index (χ3v) is 6.25. The average Bonchev–Trinajstić information content (AvgIpc) is 3.23. The van der Waals surface area contributed by atoms with Crippen LogP contribution in [0.25, 0.3) is 0 Å². The van der Waals surface area contributed by atoms with Crippen molar-refractivity contribution in [1.29, 1.82) is 0 Å². The van der Waals surface area contributed by atoms with E-state index in [0.717, 1.165) is 49.0 Å². The van der Waals surface area contributed by atoms with Gasteiger partial charge in [0.25, 0.3) is 0 Å². The Bertz CT molecular complexity index is 842. The second kappa shape index (κ2) is 7.68. The van der Waals surface area contributed by atoms with Crippen LogP contribution in [0.5, 0.6) is 0 Å². The number of hydrogen-bond donors (Lipinski definition) is 2. The zero-order valence-corrected chi connectivity index (χ0v) is 16.3. The number of thiazole rings is 1. The Kier molecular flexibility index (Phi) is 5.11. The van der Waals surface area contributed by atoms with E-state index in [1.807, 2.05) is 31.2 Å². The van der Waals surface area contributed by atoms with Crippen molar-refractivity contribution in [2.24, 2.45) is 5.92 Å². The summed E-state index contributed by atoms with van der Waals surface area (Å²) in [6.07, 6.45) is 4.87. The van der Waals surface area contributed by atoms with E-state index in [0.29, 0.717) is 18.2 Å². The molecule has 3 amide bonds. The highest BCUT2D eigenvalue weighted by molar-refractivity contribution is 7.15. The minimum absolute atomic E-state index is 0.0320. The summed E-state index contributed by atoms with van der Waals surface area (Å²) >= 11 is 1.59. The quantitative estimate of drug-likeness (QED) is 0.845. The number of piperidine rings is 1.